The molecular formula is C10H16N2OS. The molecule has 14 heavy (non-hydrogen) atoms. The molecule has 0 saturated heterocycles. The van der Waals surface area contributed by atoms with Crippen LogP contribution in [0.15, 0.2) is 18.3 Å². The zero-order valence-electron chi connectivity index (χ0n) is 8.40. The van der Waals surface area contributed by atoms with Crippen molar-refractivity contribution in [1.29, 1.82) is 0 Å². The predicted molar refractivity (Wildman–Crippen MR) is 60.2 cm³/mol. The molecule has 0 unspecified atom stereocenters. The average molecular weight is 212 g/mol. The average Bonchev–Trinajstić information content (AvgIpc) is 2.25. The van der Waals surface area contributed by atoms with Crippen LogP contribution in [0.3, 0.4) is 0 Å². The molecule has 1 aromatic heterocycles. The molecule has 0 bridgehead atoms. The Balaban J connectivity index is 2.41. The fraction of sp³-hybridized carbons (Fsp3) is 0.500. The molecule has 0 atom stereocenters. The highest BCUT2D eigenvalue weighted by molar-refractivity contribution is 7.98. The van der Waals surface area contributed by atoms with Gasteiger partial charge in [0, 0.05) is 31.4 Å². The molecule has 0 fully saturated rings. The van der Waals surface area contributed by atoms with Crippen LogP contribution in [0.1, 0.15) is 11.3 Å². The zero-order valence-corrected chi connectivity index (χ0v) is 9.22. The van der Waals surface area contributed by atoms with Gasteiger partial charge in [-0.2, -0.15) is 11.8 Å². The summed E-state index contributed by atoms with van der Waals surface area (Å²) in [7, 11) is 1.72. The van der Waals surface area contributed by atoms with Crippen molar-refractivity contribution in [2.75, 3.05) is 19.5 Å². The van der Waals surface area contributed by atoms with Crippen LogP contribution in [0.2, 0.25) is 0 Å². The van der Waals surface area contributed by atoms with Crippen LogP contribution >= 0.6 is 11.8 Å². The Kier molecular flexibility index (Phi) is 5.59. The molecule has 1 heterocycles. The van der Waals surface area contributed by atoms with Gasteiger partial charge in [-0.15, -0.1) is 0 Å². The lowest BCUT2D eigenvalue weighted by molar-refractivity contribution is 0.218. The van der Waals surface area contributed by atoms with E-state index in [-0.39, 0.29) is 0 Å². The maximum Gasteiger partial charge on any atom is 0.0579 e. The number of ether oxygens (including phenoxy) is 1. The topological polar surface area (TPSA) is 48.1 Å². The molecule has 1 rings (SSSR count). The predicted octanol–water partition coefficient (Wildman–Crippen LogP) is 1.42. The summed E-state index contributed by atoms with van der Waals surface area (Å²) in [5.74, 6) is 1.97. The summed E-state index contributed by atoms with van der Waals surface area (Å²) in [6, 6.07) is 4.03. The molecule has 0 amide bonds. The van der Waals surface area contributed by atoms with Gasteiger partial charge < -0.3 is 10.5 Å². The van der Waals surface area contributed by atoms with Gasteiger partial charge in [-0.3, -0.25) is 4.98 Å². The maximum atomic E-state index is 5.58. The van der Waals surface area contributed by atoms with Crippen molar-refractivity contribution < 1.29 is 4.74 Å². The first-order valence-corrected chi connectivity index (χ1v) is 5.73. The number of thioether (sulfide) groups is 1. The molecule has 0 spiro atoms. The van der Waals surface area contributed by atoms with Crippen molar-refractivity contribution in [3.05, 3.63) is 29.6 Å². The second kappa shape index (κ2) is 6.81. The van der Waals surface area contributed by atoms with E-state index in [1.54, 1.807) is 13.3 Å². The number of aromatic nitrogens is 1. The number of methoxy groups -OCH3 is 1. The van der Waals surface area contributed by atoms with Crippen molar-refractivity contribution in [2.24, 2.45) is 5.73 Å². The quantitative estimate of drug-likeness (QED) is 0.724. The fourth-order valence-electron chi connectivity index (χ4n) is 1.11. The van der Waals surface area contributed by atoms with Gasteiger partial charge in [0.1, 0.15) is 0 Å². The Morgan fingerprint density at radius 1 is 1.57 bits per heavy atom. The fourth-order valence-corrected chi connectivity index (χ4v) is 2.02. The van der Waals surface area contributed by atoms with Crippen LogP contribution in [-0.4, -0.2) is 24.5 Å². The van der Waals surface area contributed by atoms with Crippen LogP contribution < -0.4 is 5.73 Å². The van der Waals surface area contributed by atoms with E-state index in [4.69, 9.17) is 10.5 Å². The monoisotopic (exact) mass is 212 g/mol. The van der Waals surface area contributed by atoms with E-state index >= 15 is 0 Å². The first-order chi connectivity index (χ1) is 6.88. The third-order valence-corrected chi connectivity index (χ3v) is 2.84. The largest absolute Gasteiger partial charge is 0.384 e. The molecule has 4 heteroatoms. The minimum Gasteiger partial charge on any atom is -0.384 e. The van der Waals surface area contributed by atoms with Crippen LogP contribution in [0.4, 0.5) is 0 Å². The third-order valence-electron chi connectivity index (χ3n) is 1.87. The molecule has 78 valence electrons. The van der Waals surface area contributed by atoms with E-state index < -0.39 is 0 Å². The molecule has 2 N–H and O–H groups in total. The first kappa shape index (κ1) is 11.5. The van der Waals surface area contributed by atoms with E-state index in [0.29, 0.717) is 6.54 Å². The summed E-state index contributed by atoms with van der Waals surface area (Å²) in [6.07, 6.45) is 1.78. The van der Waals surface area contributed by atoms with Crippen molar-refractivity contribution >= 4 is 11.8 Å². The van der Waals surface area contributed by atoms with Gasteiger partial charge >= 0.3 is 0 Å². The molecular weight excluding hydrogens is 196 g/mol. The highest BCUT2D eigenvalue weighted by Crippen LogP contribution is 2.14. The summed E-state index contributed by atoms with van der Waals surface area (Å²) >= 11 is 1.84. The lowest BCUT2D eigenvalue weighted by atomic mass is 10.2. The van der Waals surface area contributed by atoms with E-state index in [2.05, 4.69) is 11.1 Å². The molecule has 1 aromatic rings. The SMILES string of the molecule is COCCSCc1cccnc1CN. The van der Waals surface area contributed by atoms with E-state index in [9.17, 15) is 0 Å². The van der Waals surface area contributed by atoms with Gasteiger partial charge in [0.05, 0.1) is 12.3 Å². The summed E-state index contributed by atoms with van der Waals surface area (Å²) in [4.78, 5) is 4.23. The van der Waals surface area contributed by atoms with Crippen LogP contribution in [0.25, 0.3) is 0 Å². The standard InChI is InChI=1S/C10H16N2OS/c1-13-5-6-14-8-9-3-2-4-12-10(9)7-11/h2-4H,5-8,11H2,1H3. The first-order valence-electron chi connectivity index (χ1n) is 4.58. The molecule has 0 aliphatic heterocycles. The third kappa shape index (κ3) is 3.65. The van der Waals surface area contributed by atoms with Gasteiger partial charge in [-0.25, -0.2) is 0 Å². The Hall–Kier alpha value is -0.580. The lowest BCUT2D eigenvalue weighted by Gasteiger charge is -2.05. The minimum atomic E-state index is 0.515. The van der Waals surface area contributed by atoms with Crippen molar-refractivity contribution in [3.63, 3.8) is 0 Å². The number of nitrogens with zero attached hydrogens (tertiary/aromatic N) is 1. The second-order valence-electron chi connectivity index (χ2n) is 2.86. The number of nitrogens with two attached hydrogens (primary N) is 1. The van der Waals surface area contributed by atoms with E-state index in [0.717, 1.165) is 23.8 Å². The summed E-state index contributed by atoms with van der Waals surface area (Å²) in [6.45, 7) is 1.31. The molecule has 0 aromatic carbocycles. The van der Waals surface area contributed by atoms with Crippen molar-refractivity contribution in [2.45, 2.75) is 12.3 Å². The molecule has 0 radical (unpaired) electrons. The molecule has 3 nitrogen and oxygen atoms in total. The minimum absolute atomic E-state index is 0.515. The summed E-state index contributed by atoms with van der Waals surface area (Å²) in [5.41, 5.74) is 7.81. The van der Waals surface area contributed by atoms with Crippen LogP contribution in [0.5, 0.6) is 0 Å². The van der Waals surface area contributed by atoms with Crippen molar-refractivity contribution in [3.8, 4) is 0 Å². The van der Waals surface area contributed by atoms with E-state index in [1.807, 2.05) is 17.8 Å². The summed E-state index contributed by atoms with van der Waals surface area (Å²) in [5, 5.41) is 0. The molecule has 0 saturated carbocycles. The van der Waals surface area contributed by atoms with Gasteiger partial charge in [-0.05, 0) is 11.6 Å². The molecule has 0 aliphatic carbocycles. The Morgan fingerprint density at radius 3 is 3.14 bits per heavy atom. The summed E-state index contributed by atoms with van der Waals surface area (Å²) < 4.78 is 4.98. The van der Waals surface area contributed by atoms with Gasteiger partial charge in [0.15, 0.2) is 0 Å². The highest BCUT2D eigenvalue weighted by atomic mass is 32.2. The number of pyridine rings is 1. The highest BCUT2D eigenvalue weighted by Gasteiger charge is 2.00. The van der Waals surface area contributed by atoms with Gasteiger partial charge in [-0.1, -0.05) is 6.07 Å². The maximum absolute atomic E-state index is 5.58. The Morgan fingerprint density at radius 2 is 2.43 bits per heavy atom. The smallest absolute Gasteiger partial charge is 0.0579 e. The van der Waals surface area contributed by atoms with Gasteiger partial charge in [0.25, 0.3) is 0 Å². The lowest BCUT2D eigenvalue weighted by Crippen LogP contribution is -2.03. The molecule has 0 aliphatic rings. The van der Waals surface area contributed by atoms with E-state index in [1.165, 1.54) is 5.56 Å². The second-order valence-corrected chi connectivity index (χ2v) is 3.96. The number of hydrogen-bond donors (Lipinski definition) is 1. The van der Waals surface area contributed by atoms with Crippen LogP contribution in [0, 0.1) is 0 Å². The Labute approximate surface area is 89.1 Å². The van der Waals surface area contributed by atoms with Gasteiger partial charge in [0.2, 0.25) is 0 Å². The van der Waals surface area contributed by atoms with Crippen molar-refractivity contribution in [1.82, 2.24) is 4.98 Å². The Bertz CT molecular complexity index is 268. The number of hydrogen-bond acceptors (Lipinski definition) is 4. The normalized spacial score (nSPS) is 10.4. The number of rotatable bonds is 6. The zero-order chi connectivity index (χ0) is 10.2. The van der Waals surface area contributed by atoms with Crippen LogP contribution in [-0.2, 0) is 17.0 Å².